The predicted molar refractivity (Wildman–Crippen MR) is 112 cm³/mol. The summed E-state index contributed by atoms with van der Waals surface area (Å²) in [4.78, 5) is 23.6. The Kier molecular flexibility index (Phi) is 6.00. The molecule has 0 aliphatic carbocycles. The molecule has 1 N–H and O–H groups in total. The van der Waals surface area contributed by atoms with Gasteiger partial charge in [0.25, 0.3) is 0 Å². The number of thioether (sulfide) groups is 1. The Morgan fingerprint density at radius 2 is 2.11 bits per heavy atom. The summed E-state index contributed by atoms with van der Waals surface area (Å²) in [6.07, 6.45) is 4.47. The summed E-state index contributed by atoms with van der Waals surface area (Å²) in [6, 6.07) is 10.3. The maximum Gasteiger partial charge on any atom is 0.228 e. The maximum absolute atomic E-state index is 12.7. The summed E-state index contributed by atoms with van der Waals surface area (Å²) in [5.41, 5.74) is 2.80. The van der Waals surface area contributed by atoms with Crippen LogP contribution in [0.15, 0.2) is 36.5 Å². The largest absolute Gasteiger partial charge is 0.481 e. The molecule has 0 bridgehead atoms. The number of methoxy groups -OCH3 is 1. The molecule has 1 aromatic heterocycles. The van der Waals surface area contributed by atoms with Gasteiger partial charge in [0, 0.05) is 43.1 Å². The number of rotatable bonds is 5. The van der Waals surface area contributed by atoms with Gasteiger partial charge in [-0.05, 0) is 36.1 Å². The second-order valence-electron chi connectivity index (χ2n) is 7.21. The number of amides is 1. The average molecular weight is 399 g/mol. The van der Waals surface area contributed by atoms with Gasteiger partial charge in [0.1, 0.15) is 0 Å². The van der Waals surface area contributed by atoms with Gasteiger partial charge in [0.05, 0.1) is 7.11 Å². The van der Waals surface area contributed by atoms with Crippen molar-refractivity contribution in [2.45, 2.75) is 24.5 Å². The van der Waals surface area contributed by atoms with Crippen molar-refractivity contribution in [1.82, 2.24) is 15.3 Å². The third-order valence-corrected chi connectivity index (χ3v) is 6.79. The van der Waals surface area contributed by atoms with Crippen molar-refractivity contribution in [3.63, 3.8) is 0 Å². The van der Waals surface area contributed by atoms with Gasteiger partial charge < -0.3 is 15.0 Å². The molecule has 2 aromatic rings. The fourth-order valence-electron chi connectivity index (χ4n) is 3.92. The zero-order valence-electron chi connectivity index (χ0n) is 16.1. The van der Waals surface area contributed by atoms with E-state index in [0.717, 1.165) is 38.1 Å². The van der Waals surface area contributed by atoms with E-state index in [9.17, 15) is 4.79 Å². The highest BCUT2D eigenvalue weighted by Crippen LogP contribution is 2.36. The first-order valence-corrected chi connectivity index (χ1v) is 10.9. The minimum atomic E-state index is 0.0608. The van der Waals surface area contributed by atoms with Crippen LogP contribution in [0.25, 0.3) is 0 Å². The van der Waals surface area contributed by atoms with Crippen LogP contribution in [0.4, 0.5) is 5.95 Å². The molecule has 6 nitrogen and oxygen atoms in total. The van der Waals surface area contributed by atoms with E-state index in [1.54, 1.807) is 19.4 Å². The minimum absolute atomic E-state index is 0.0608. The summed E-state index contributed by atoms with van der Waals surface area (Å²) in [5.74, 6) is 2.60. The number of anilines is 1. The number of carbonyl (C=O) groups excluding carboxylic acids is 1. The monoisotopic (exact) mass is 398 g/mol. The van der Waals surface area contributed by atoms with Crippen molar-refractivity contribution >= 4 is 23.6 Å². The van der Waals surface area contributed by atoms with Crippen LogP contribution in [0, 0.1) is 5.92 Å². The van der Waals surface area contributed by atoms with Crippen molar-refractivity contribution in [2.24, 2.45) is 5.92 Å². The van der Waals surface area contributed by atoms with E-state index in [2.05, 4.69) is 44.5 Å². The van der Waals surface area contributed by atoms with Gasteiger partial charge in [-0.25, -0.2) is 4.98 Å². The van der Waals surface area contributed by atoms with Crippen LogP contribution in [0.1, 0.15) is 29.2 Å². The van der Waals surface area contributed by atoms with Crippen LogP contribution in [0.5, 0.6) is 5.88 Å². The average Bonchev–Trinajstić information content (AvgIpc) is 2.77. The lowest BCUT2D eigenvalue weighted by Crippen LogP contribution is -2.42. The Hall–Kier alpha value is -2.28. The number of carbonyl (C=O) groups is 1. The molecule has 0 spiro atoms. The molecule has 3 heterocycles. The second-order valence-corrected chi connectivity index (χ2v) is 8.52. The van der Waals surface area contributed by atoms with Crippen molar-refractivity contribution in [1.29, 1.82) is 0 Å². The fraction of sp³-hybridized carbons (Fsp3) is 0.476. The lowest BCUT2D eigenvalue weighted by atomic mass is 9.96. The van der Waals surface area contributed by atoms with Crippen molar-refractivity contribution < 1.29 is 9.53 Å². The maximum atomic E-state index is 12.7. The molecule has 1 saturated heterocycles. The van der Waals surface area contributed by atoms with Gasteiger partial charge in [0.15, 0.2) is 0 Å². The third-order valence-electron chi connectivity index (χ3n) is 5.53. The number of aryl methyl sites for hydroxylation is 1. The van der Waals surface area contributed by atoms with Gasteiger partial charge in [-0.1, -0.05) is 24.3 Å². The molecule has 0 saturated carbocycles. The van der Waals surface area contributed by atoms with Crippen LogP contribution in [0.3, 0.4) is 0 Å². The van der Waals surface area contributed by atoms with Gasteiger partial charge in [-0.15, -0.1) is 0 Å². The summed E-state index contributed by atoms with van der Waals surface area (Å²) >= 11 is 1.94. The van der Waals surface area contributed by atoms with Crippen molar-refractivity contribution in [3.8, 4) is 5.88 Å². The van der Waals surface area contributed by atoms with Gasteiger partial charge in [-0.3, -0.25) is 4.79 Å². The number of piperidine rings is 1. The van der Waals surface area contributed by atoms with E-state index in [-0.39, 0.29) is 11.8 Å². The summed E-state index contributed by atoms with van der Waals surface area (Å²) < 4.78 is 5.18. The molecular formula is C21H26N4O2S. The molecule has 1 fully saturated rings. The van der Waals surface area contributed by atoms with Gasteiger partial charge in [0.2, 0.25) is 17.7 Å². The highest BCUT2D eigenvalue weighted by molar-refractivity contribution is 7.99. The van der Waals surface area contributed by atoms with Gasteiger partial charge >= 0.3 is 0 Å². The molecule has 1 aromatic carbocycles. The second kappa shape index (κ2) is 8.82. The first-order chi connectivity index (χ1) is 13.7. The number of hydrogen-bond donors (Lipinski definition) is 1. The SMILES string of the molecule is COc1ccnc(N2CCC(C(=O)NCC3SCCc4ccccc43)CC2)n1. The highest BCUT2D eigenvalue weighted by Gasteiger charge is 2.27. The lowest BCUT2D eigenvalue weighted by Gasteiger charge is -2.32. The van der Waals surface area contributed by atoms with E-state index >= 15 is 0 Å². The summed E-state index contributed by atoms with van der Waals surface area (Å²) in [7, 11) is 1.60. The van der Waals surface area contributed by atoms with E-state index in [4.69, 9.17) is 4.74 Å². The quantitative estimate of drug-likeness (QED) is 0.835. The van der Waals surface area contributed by atoms with Crippen LogP contribution in [-0.2, 0) is 11.2 Å². The Morgan fingerprint density at radius 1 is 1.29 bits per heavy atom. The molecule has 148 valence electrons. The standard InChI is InChI=1S/C21H26N4O2S/c1-27-19-6-10-22-21(24-19)25-11-7-16(8-12-25)20(26)23-14-18-17-5-3-2-4-15(17)9-13-28-18/h2-6,10,16,18H,7-9,11-14H2,1H3,(H,23,26). The number of hydrogen-bond acceptors (Lipinski definition) is 6. The number of ether oxygens (including phenoxy) is 1. The van der Waals surface area contributed by atoms with E-state index < -0.39 is 0 Å². The molecular weight excluding hydrogens is 372 g/mol. The van der Waals surface area contributed by atoms with Crippen LogP contribution >= 0.6 is 11.8 Å². The molecule has 2 aliphatic heterocycles. The molecule has 4 rings (SSSR count). The number of benzene rings is 1. The first kappa shape index (κ1) is 19.1. The molecule has 28 heavy (non-hydrogen) atoms. The molecule has 1 unspecified atom stereocenters. The molecule has 0 radical (unpaired) electrons. The van der Waals surface area contributed by atoms with E-state index in [1.807, 2.05) is 11.8 Å². The van der Waals surface area contributed by atoms with E-state index in [0.29, 0.717) is 23.6 Å². The van der Waals surface area contributed by atoms with Crippen molar-refractivity contribution in [2.75, 3.05) is 37.4 Å². The van der Waals surface area contributed by atoms with Crippen molar-refractivity contribution in [3.05, 3.63) is 47.7 Å². The third kappa shape index (κ3) is 4.24. The molecule has 7 heteroatoms. The van der Waals surface area contributed by atoms with E-state index in [1.165, 1.54) is 11.1 Å². The first-order valence-electron chi connectivity index (χ1n) is 9.83. The number of fused-ring (bicyclic) bond motifs is 1. The predicted octanol–water partition coefficient (Wildman–Crippen LogP) is 2.85. The number of aromatic nitrogens is 2. The summed E-state index contributed by atoms with van der Waals surface area (Å²) in [6.45, 7) is 2.28. The van der Waals surface area contributed by atoms with Gasteiger partial charge in [-0.2, -0.15) is 16.7 Å². The van der Waals surface area contributed by atoms with Crippen LogP contribution < -0.4 is 15.0 Å². The lowest BCUT2D eigenvalue weighted by molar-refractivity contribution is -0.125. The highest BCUT2D eigenvalue weighted by atomic mass is 32.2. The molecule has 1 atom stereocenters. The Labute approximate surface area is 170 Å². The zero-order chi connectivity index (χ0) is 19.3. The summed E-state index contributed by atoms with van der Waals surface area (Å²) in [5, 5.41) is 3.57. The number of nitrogens with zero attached hydrogens (tertiary/aromatic N) is 3. The Bertz CT molecular complexity index is 824. The zero-order valence-corrected chi connectivity index (χ0v) is 17.0. The fourth-order valence-corrected chi connectivity index (χ4v) is 5.16. The topological polar surface area (TPSA) is 67.3 Å². The van der Waals surface area contributed by atoms with Crippen LogP contribution in [-0.4, -0.2) is 48.4 Å². The normalized spacial score (nSPS) is 19.8. The molecule has 2 aliphatic rings. The smallest absolute Gasteiger partial charge is 0.228 e. The molecule has 1 amide bonds. The number of nitrogens with one attached hydrogen (secondary N) is 1. The minimum Gasteiger partial charge on any atom is -0.481 e. The Morgan fingerprint density at radius 3 is 2.93 bits per heavy atom. The Balaban J connectivity index is 1.29. The van der Waals surface area contributed by atoms with Crippen LogP contribution in [0.2, 0.25) is 0 Å².